The summed E-state index contributed by atoms with van der Waals surface area (Å²) in [6, 6.07) is 9.22. The third-order valence-corrected chi connectivity index (χ3v) is 5.61. The van der Waals surface area contributed by atoms with Gasteiger partial charge in [-0.3, -0.25) is 4.79 Å². The fourth-order valence-electron chi connectivity index (χ4n) is 2.52. The second-order valence-electron chi connectivity index (χ2n) is 6.36. The lowest BCUT2D eigenvalue weighted by Crippen LogP contribution is -2.36. The van der Waals surface area contributed by atoms with E-state index in [-0.39, 0.29) is 18.5 Å². The van der Waals surface area contributed by atoms with E-state index in [0.717, 1.165) is 15.3 Å². The molecule has 5 nitrogen and oxygen atoms in total. The molecule has 0 fully saturated rings. The van der Waals surface area contributed by atoms with Gasteiger partial charge in [0, 0.05) is 10.9 Å². The van der Waals surface area contributed by atoms with E-state index in [2.05, 4.69) is 10.2 Å². The van der Waals surface area contributed by atoms with Crippen LogP contribution in [0.4, 0.5) is 0 Å². The van der Waals surface area contributed by atoms with Crippen molar-refractivity contribution in [3.8, 4) is 11.5 Å². The van der Waals surface area contributed by atoms with Crippen LogP contribution in [0.1, 0.15) is 39.9 Å². The third kappa shape index (κ3) is 3.81. The smallest absolute Gasteiger partial charge is 0.264 e. The number of aryl methyl sites for hydroxylation is 2. The molecule has 2 heterocycles. The highest BCUT2D eigenvalue weighted by molar-refractivity contribution is 7.14. The highest BCUT2D eigenvalue weighted by Crippen LogP contribution is 2.27. The van der Waals surface area contributed by atoms with Crippen LogP contribution in [0, 0.1) is 13.8 Å². The standard InChI is InChI=1S/C19H20ClN3O2S/c1-11(2)23(19(24)16-9-12(3)13(4)26-16)10-17-21-22-18(25-17)14-7-5-6-8-15(14)20/h5-9,11H,10H2,1-4H3. The van der Waals surface area contributed by atoms with Crippen LogP contribution in [0.15, 0.2) is 34.7 Å². The Hall–Kier alpha value is -2.18. The van der Waals surface area contributed by atoms with Crippen LogP contribution in [0.25, 0.3) is 11.5 Å². The van der Waals surface area contributed by atoms with Crippen molar-refractivity contribution in [3.05, 3.63) is 56.6 Å². The molecule has 136 valence electrons. The van der Waals surface area contributed by atoms with Crippen molar-refractivity contribution in [1.82, 2.24) is 15.1 Å². The summed E-state index contributed by atoms with van der Waals surface area (Å²) in [5.41, 5.74) is 1.81. The van der Waals surface area contributed by atoms with E-state index in [1.54, 1.807) is 11.0 Å². The first kappa shape index (κ1) is 18.6. The summed E-state index contributed by atoms with van der Waals surface area (Å²) in [7, 11) is 0. The van der Waals surface area contributed by atoms with E-state index < -0.39 is 0 Å². The minimum absolute atomic E-state index is 0.000811. The van der Waals surface area contributed by atoms with Gasteiger partial charge in [-0.25, -0.2) is 0 Å². The van der Waals surface area contributed by atoms with E-state index in [9.17, 15) is 4.79 Å². The fourth-order valence-corrected chi connectivity index (χ4v) is 3.72. The first-order valence-electron chi connectivity index (χ1n) is 8.32. The molecule has 0 bridgehead atoms. The lowest BCUT2D eigenvalue weighted by molar-refractivity contribution is 0.0677. The number of rotatable bonds is 5. The van der Waals surface area contributed by atoms with Crippen molar-refractivity contribution < 1.29 is 9.21 Å². The summed E-state index contributed by atoms with van der Waals surface area (Å²) < 4.78 is 5.75. The first-order valence-corrected chi connectivity index (χ1v) is 9.51. The molecule has 1 aromatic carbocycles. The lowest BCUT2D eigenvalue weighted by atomic mass is 10.2. The largest absolute Gasteiger partial charge is 0.419 e. The molecule has 3 aromatic rings. The zero-order valence-corrected chi connectivity index (χ0v) is 16.7. The molecule has 7 heteroatoms. The second-order valence-corrected chi connectivity index (χ2v) is 8.02. The average molecular weight is 390 g/mol. The topological polar surface area (TPSA) is 59.2 Å². The number of halogens is 1. The third-order valence-electron chi connectivity index (χ3n) is 4.14. The maximum absolute atomic E-state index is 12.9. The van der Waals surface area contributed by atoms with Crippen LogP contribution >= 0.6 is 22.9 Å². The van der Waals surface area contributed by atoms with Gasteiger partial charge in [0.2, 0.25) is 11.8 Å². The predicted octanol–water partition coefficient (Wildman–Crippen LogP) is 5.12. The molecule has 0 saturated heterocycles. The van der Waals surface area contributed by atoms with Gasteiger partial charge in [-0.2, -0.15) is 0 Å². The van der Waals surface area contributed by atoms with Gasteiger partial charge in [-0.1, -0.05) is 23.7 Å². The Balaban J connectivity index is 1.83. The SMILES string of the molecule is Cc1cc(C(=O)N(Cc2nnc(-c3ccccc3Cl)o2)C(C)C)sc1C. The Bertz CT molecular complexity index is 913. The average Bonchev–Trinajstić information content (AvgIpc) is 3.19. The second kappa shape index (κ2) is 7.60. The molecule has 0 aliphatic heterocycles. The maximum atomic E-state index is 12.9. The predicted molar refractivity (Wildman–Crippen MR) is 104 cm³/mol. The molecule has 26 heavy (non-hydrogen) atoms. The first-order chi connectivity index (χ1) is 12.4. The van der Waals surface area contributed by atoms with Gasteiger partial charge in [0.15, 0.2) is 0 Å². The molecule has 0 unspecified atom stereocenters. The van der Waals surface area contributed by atoms with Gasteiger partial charge in [0.05, 0.1) is 22.0 Å². The van der Waals surface area contributed by atoms with Gasteiger partial charge in [0.1, 0.15) is 0 Å². The maximum Gasteiger partial charge on any atom is 0.264 e. The highest BCUT2D eigenvalue weighted by Gasteiger charge is 2.24. The molecular weight excluding hydrogens is 370 g/mol. The minimum atomic E-state index is -0.0290. The zero-order valence-electron chi connectivity index (χ0n) is 15.1. The number of hydrogen-bond donors (Lipinski definition) is 0. The van der Waals surface area contributed by atoms with Crippen LogP contribution in [0.3, 0.4) is 0 Å². The van der Waals surface area contributed by atoms with E-state index in [1.807, 2.05) is 52.0 Å². The van der Waals surface area contributed by atoms with Crippen molar-refractivity contribution in [1.29, 1.82) is 0 Å². The van der Waals surface area contributed by atoms with E-state index in [1.165, 1.54) is 11.3 Å². The summed E-state index contributed by atoms with van der Waals surface area (Å²) in [6.07, 6.45) is 0. The summed E-state index contributed by atoms with van der Waals surface area (Å²) in [4.78, 5) is 16.5. The van der Waals surface area contributed by atoms with Gasteiger partial charge in [-0.05, 0) is 51.5 Å². The van der Waals surface area contributed by atoms with E-state index in [4.69, 9.17) is 16.0 Å². The molecule has 0 atom stereocenters. The van der Waals surface area contributed by atoms with Gasteiger partial charge < -0.3 is 9.32 Å². The number of aromatic nitrogens is 2. The van der Waals surface area contributed by atoms with Crippen molar-refractivity contribution in [3.63, 3.8) is 0 Å². The van der Waals surface area contributed by atoms with Crippen LogP contribution in [-0.2, 0) is 6.54 Å². The number of thiophene rings is 1. The van der Waals surface area contributed by atoms with Crippen LogP contribution in [0.2, 0.25) is 5.02 Å². The lowest BCUT2D eigenvalue weighted by Gasteiger charge is -2.24. The van der Waals surface area contributed by atoms with Crippen LogP contribution in [-0.4, -0.2) is 27.0 Å². The van der Waals surface area contributed by atoms with Crippen molar-refractivity contribution in [2.45, 2.75) is 40.3 Å². The van der Waals surface area contributed by atoms with Gasteiger partial charge >= 0.3 is 0 Å². The monoisotopic (exact) mass is 389 g/mol. The molecule has 0 aliphatic rings. The molecule has 3 rings (SSSR count). The molecule has 1 amide bonds. The Morgan fingerprint density at radius 3 is 2.62 bits per heavy atom. The Morgan fingerprint density at radius 2 is 2.00 bits per heavy atom. The number of benzene rings is 1. The number of hydrogen-bond acceptors (Lipinski definition) is 5. The van der Waals surface area contributed by atoms with Crippen LogP contribution < -0.4 is 0 Å². The van der Waals surface area contributed by atoms with Gasteiger partial charge in [-0.15, -0.1) is 21.5 Å². The number of amides is 1. The summed E-state index contributed by atoms with van der Waals surface area (Å²) in [6.45, 7) is 8.22. The Labute approximate surface area is 161 Å². The summed E-state index contributed by atoms with van der Waals surface area (Å²) in [5.74, 6) is 0.704. The molecule has 0 N–H and O–H groups in total. The molecule has 0 aliphatic carbocycles. The van der Waals surface area contributed by atoms with E-state index in [0.29, 0.717) is 22.4 Å². The quantitative estimate of drug-likeness (QED) is 0.607. The van der Waals surface area contributed by atoms with Crippen LogP contribution in [0.5, 0.6) is 0 Å². The molecule has 2 aromatic heterocycles. The van der Waals surface area contributed by atoms with E-state index >= 15 is 0 Å². The molecule has 0 radical (unpaired) electrons. The van der Waals surface area contributed by atoms with Gasteiger partial charge in [0.25, 0.3) is 5.91 Å². The number of carbonyl (C=O) groups excluding carboxylic acids is 1. The molecular formula is C19H20ClN3O2S. The molecule has 0 spiro atoms. The fraction of sp³-hybridized carbons (Fsp3) is 0.316. The minimum Gasteiger partial charge on any atom is -0.419 e. The Morgan fingerprint density at radius 1 is 1.27 bits per heavy atom. The number of nitrogens with zero attached hydrogens (tertiary/aromatic N) is 3. The van der Waals surface area contributed by atoms with Crippen molar-refractivity contribution in [2.75, 3.05) is 0 Å². The highest BCUT2D eigenvalue weighted by atomic mass is 35.5. The van der Waals surface area contributed by atoms with Crippen molar-refractivity contribution in [2.24, 2.45) is 0 Å². The Kier molecular flexibility index (Phi) is 5.44. The van der Waals surface area contributed by atoms with Crippen molar-refractivity contribution >= 4 is 28.8 Å². The number of carbonyl (C=O) groups is 1. The summed E-state index contributed by atoms with van der Waals surface area (Å²) >= 11 is 7.69. The molecule has 0 saturated carbocycles. The summed E-state index contributed by atoms with van der Waals surface area (Å²) in [5, 5.41) is 8.71. The normalized spacial score (nSPS) is 11.2. The zero-order chi connectivity index (χ0) is 18.8.